The van der Waals surface area contributed by atoms with E-state index < -0.39 is 29.1 Å². The van der Waals surface area contributed by atoms with Crippen LogP contribution in [-0.4, -0.2) is 57.2 Å². The van der Waals surface area contributed by atoms with E-state index in [0.29, 0.717) is 16.7 Å². The van der Waals surface area contributed by atoms with Crippen molar-refractivity contribution in [3.05, 3.63) is 64.7 Å². The van der Waals surface area contributed by atoms with Crippen molar-refractivity contribution in [3.63, 3.8) is 0 Å². The Morgan fingerprint density at radius 2 is 1.55 bits per heavy atom. The van der Waals surface area contributed by atoms with Crippen LogP contribution < -0.4 is 16.4 Å². The van der Waals surface area contributed by atoms with Crippen molar-refractivity contribution in [1.29, 1.82) is 0 Å². The van der Waals surface area contributed by atoms with Gasteiger partial charge in [-0.3, -0.25) is 9.59 Å². The molecule has 2 rings (SSSR count). The molecule has 2 unspecified atom stereocenters. The van der Waals surface area contributed by atoms with Gasteiger partial charge in [0.2, 0.25) is 11.8 Å². The van der Waals surface area contributed by atoms with Crippen LogP contribution in [0.3, 0.4) is 0 Å². The Balaban J connectivity index is 2.20. The van der Waals surface area contributed by atoms with Crippen LogP contribution in [0.25, 0.3) is 0 Å². The number of aryl methyl sites for hydroxylation is 2. The Bertz CT molecular complexity index is 1120. The van der Waals surface area contributed by atoms with Crippen molar-refractivity contribution in [2.45, 2.75) is 77.9 Å². The van der Waals surface area contributed by atoms with Gasteiger partial charge in [0.25, 0.3) is 0 Å². The Morgan fingerprint density at radius 1 is 1.00 bits per heavy atom. The van der Waals surface area contributed by atoms with Crippen LogP contribution >= 0.6 is 0 Å². The van der Waals surface area contributed by atoms with E-state index in [0.717, 1.165) is 5.56 Å². The molecule has 0 saturated heterocycles. The molecule has 2 atom stereocenters. The van der Waals surface area contributed by atoms with Crippen LogP contribution in [0.5, 0.6) is 5.75 Å². The second-order valence-corrected chi connectivity index (χ2v) is 11.5. The number of hydrogen-bond acceptors (Lipinski definition) is 5. The maximum absolute atomic E-state index is 13.6. The lowest BCUT2D eigenvalue weighted by Gasteiger charge is -2.36. The van der Waals surface area contributed by atoms with E-state index in [1.165, 1.54) is 4.90 Å². The van der Waals surface area contributed by atoms with Crippen molar-refractivity contribution >= 4 is 17.9 Å². The smallest absolute Gasteiger partial charge is 0.407 e. The summed E-state index contributed by atoms with van der Waals surface area (Å²) in [5.74, 6) is -1.37. The third-order valence-electron chi connectivity index (χ3n) is 6.46. The lowest BCUT2D eigenvalue weighted by Crippen LogP contribution is -2.54. The first-order chi connectivity index (χ1) is 17.5. The minimum Gasteiger partial charge on any atom is -0.508 e. The minimum absolute atomic E-state index is 0.0736. The van der Waals surface area contributed by atoms with E-state index >= 15 is 0 Å². The summed E-state index contributed by atoms with van der Waals surface area (Å²) in [6.45, 7) is 12.5. The van der Waals surface area contributed by atoms with Crippen LogP contribution in [-0.2, 0) is 9.59 Å². The molecule has 0 aliphatic rings. The summed E-state index contributed by atoms with van der Waals surface area (Å²) in [4.78, 5) is 39.6. The van der Waals surface area contributed by atoms with Crippen molar-refractivity contribution in [3.8, 4) is 5.75 Å². The first-order valence-corrected chi connectivity index (χ1v) is 12.7. The number of aromatic hydroxyl groups is 1. The van der Waals surface area contributed by atoms with Gasteiger partial charge in [-0.1, -0.05) is 30.3 Å². The highest BCUT2D eigenvalue weighted by Crippen LogP contribution is 2.30. The molecule has 208 valence electrons. The fourth-order valence-corrected chi connectivity index (χ4v) is 4.55. The highest BCUT2D eigenvalue weighted by molar-refractivity contribution is 5.86. The molecule has 0 aromatic heterocycles. The number of hydrogen-bond donors (Lipinski definition) is 5. The van der Waals surface area contributed by atoms with Gasteiger partial charge in [0.15, 0.2) is 0 Å². The number of amides is 3. The summed E-state index contributed by atoms with van der Waals surface area (Å²) in [5.41, 5.74) is 7.54. The van der Waals surface area contributed by atoms with E-state index in [2.05, 4.69) is 10.6 Å². The average Bonchev–Trinajstić information content (AvgIpc) is 2.78. The SMILES string of the molecule is Cc1cc(O)cc(C)c1C(CN(C(=O)O)C(C)(C)C)C(=O)NCC(C)(C)NC(=O)CC(N)c1ccccc1. The summed E-state index contributed by atoms with van der Waals surface area (Å²) in [5, 5.41) is 25.7. The van der Waals surface area contributed by atoms with Gasteiger partial charge >= 0.3 is 6.09 Å². The molecule has 9 heteroatoms. The quantitative estimate of drug-likeness (QED) is 0.317. The van der Waals surface area contributed by atoms with Gasteiger partial charge in [-0.15, -0.1) is 0 Å². The van der Waals surface area contributed by atoms with E-state index in [-0.39, 0.29) is 37.1 Å². The molecular formula is C29H42N4O5. The maximum atomic E-state index is 13.6. The lowest BCUT2D eigenvalue weighted by atomic mass is 9.88. The van der Waals surface area contributed by atoms with Crippen LogP contribution in [0.15, 0.2) is 42.5 Å². The minimum atomic E-state index is -1.13. The zero-order chi connectivity index (χ0) is 28.8. The lowest BCUT2D eigenvalue weighted by molar-refractivity contribution is -0.125. The molecule has 9 nitrogen and oxygen atoms in total. The summed E-state index contributed by atoms with van der Waals surface area (Å²) in [6.07, 6.45) is -1.04. The zero-order valence-corrected chi connectivity index (χ0v) is 23.5. The van der Waals surface area contributed by atoms with Crippen molar-refractivity contribution in [2.75, 3.05) is 13.1 Å². The normalized spacial score (nSPS) is 13.4. The third kappa shape index (κ3) is 8.48. The van der Waals surface area contributed by atoms with E-state index in [1.54, 1.807) is 60.6 Å². The summed E-state index contributed by atoms with van der Waals surface area (Å²) >= 11 is 0. The van der Waals surface area contributed by atoms with Crippen LogP contribution in [0, 0.1) is 13.8 Å². The average molecular weight is 527 g/mol. The molecule has 0 saturated carbocycles. The van der Waals surface area contributed by atoms with Gasteiger partial charge < -0.3 is 31.5 Å². The molecule has 0 radical (unpaired) electrons. The first-order valence-electron chi connectivity index (χ1n) is 12.7. The van der Waals surface area contributed by atoms with Crippen LogP contribution in [0.4, 0.5) is 4.79 Å². The maximum Gasteiger partial charge on any atom is 0.407 e. The Morgan fingerprint density at radius 3 is 2.05 bits per heavy atom. The summed E-state index contributed by atoms with van der Waals surface area (Å²) < 4.78 is 0. The van der Waals surface area contributed by atoms with Gasteiger partial charge in [-0.25, -0.2) is 4.79 Å². The van der Waals surface area contributed by atoms with Gasteiger partial charge in [-0.05, 0) is 82.9 Å². The predicted octanol–water partition coefficient (Wildman–Crippen LogP) is 3.97. The molecule has 2 aromatic rings. The zero-order valence-electron chi connectivity index (χ0n) is 23.5. The molecule has 0 aliphatic carbocycles. The topological polar surface area (TPSA) is 145 Å². The molecule has 0 aliphatic heterocycles. The largest absolute Gasteiger partial charge is 0.508 e. The molecule has 0 spiro atoms. The van der Waals surface area contributed by atoms with Gasteiger partial charge in [-0.2, -0.15) is 0 Å². The highest BCUT2D eigenvalue weighted by Gasteiger charge is 2.34. The second-order valence-electron chi connectivity index (χ2n) is 11.5. The number of nitrogens with zero attached hydrogens (tertiary/aromatic N) is 1. The first kappa shape index (κ1) is 30.6. The van der Waals surface area contributed by atoms with Gasteiger partial charge in [0.05, 0.1) is 11.5 Å². The number of carbonyl (C=O) groups excluding carboxylic acids is 2. The number of nitrogens with two attached hydrogens (primary N) is 1. The molecule has 38 heavy (non-hydrogen) atoms. The van der Waals surface area contributed by atoms with E-state index in [9.17, 15) is 24.6 Å². The molecule has 3 amide bonds. The Labute approximate surface area is 225 Å². The fourth-order valence-electron chi connectivity index (χ4n) is 4.55. The number of rotatable bonds is 10. The molecular weight excluding hydrogens is 484 g/mol. The number of benzene rings is 2. The van der Waals surface area contributed by atoms with Crippen molar-refractivity contribution in [2.24, 2.45) is 5.73 Å². The Kier molecular flexibility index (Phi) is 9.92. The van der Waals surface area contributed by atoms with Gasteiger partial charge in [0.1, 0.15) is 5.75 Å². The molecule has 2 aromatic carbocycles. The van der Waals surface area contributed by atoms with Crippen molar-refractivity contribution < 1.29 is 24.6 Å². The summed E-state index contributed by atoms with van der Waals surface area (Å²) in [6, 6.07) is 12.0. The number of phenolic OH excluding ortho intramolecular Hbond substituents is 1. The molecule has 6 N–H and O–H groups in total. The summed E-state index contributed by atoms with van der Waals surface area (Å²) in [7, 11) is 0. The number of nitrogens with one attached hydrogen (secondary N) is 2. The highest BCUT2D eigenvalue weighted by atomic mass is 16.4. The van der Waals surface area contributed by atoms with E-state index in [4.69, 9.17) is 5.73 Å². The second kappa shape index (κ2) is 12.3. The van der Waals surface area contributed by atoms with Crippen LogP contribution in [0.2, 0.25) is 0 Å². The fraction of sp³-hybridized carbons (Fsp3) is 0.483. The van der Waals surface area contributed by atoms with E-state index in [1.807, 2.05) is 30.3 Å². The Hall–Kier alpha value is -3.59. The number of phenols is 1. The van der Waals surface area contributed by atoms with Crippen molar-refractivity contribution in [1.82, 2.24) is 15.5 Å². The molecule has 0 bridgehead atoms. The van der Waals surface area contributed by atoms with Crippen LogP contribution in [0.1, 0.15) is 75.3 Å². The number of carbonyl (C=O) groups is 3. The molecule has 0 heterocycles. The number of carboxylic acid groups (broad SMARTS) is 1. The predicted molar refractivity (Wildman–Crippen MR) is 148 cm³/mol. The standard InChI is InChI=1S/C29H42N4O5/c1-18-13-21(34)14-19(2)25(18)22(16-33(27(37)38)28(3,4)5)26(36)31-17-29(6,7)32-24(35)15-23(30)20-11-9-8-10-12-20/h8-14,22-23,34H,15-17,30H2,1-7H3,(H,31,36)(H,32,35)(H,37,38). The molecule has 0 fully saturated rings. The monoisotopic (exact) mass is 526 g/mol. The van der Waals surface area contributed by atoms with Gasteiger partial charge in [0, 0.05) is 31.1 Å². The third-order valence-corrected chi connectivity index (χ3v) is 6.46.